The van der Waals surface area contributed by atoms with Gasteiger partial charge >= 0.3 is 0 Å². The molecule has 6 nitrogen and oxygen atoms in total. The minimum atomic E-state index is 0.321. The molecule has 128 valence electrons. The topological polar surface area (TPSA) is 78.1 Å². The Morgan fingerprint density at radius 3 is 2.54 bits per heavy atom. The van der Waals surface area contributed by atoms with Gasteiger partial charge in [0.25, 0.3) is 0 Å². The Morgan fingerprint density at radius 2 is 1.83 bits per heavy atom. The monoisotopic (exact) mass is 329 g/mol. The van der Waals surface area contributed by atoms with Crippen molar-refractivity contribution in [3.8, 4) is 17.2 Å². The summed E-state index contributed by atoms with van der Waals surface area (Å²) in [5.41, 5.74) is 6.62. The van der Waals surface area contributed by atoms with Crippen LogP contribution in [-0.2, 0) is 0 Å². The van der Waals surface area contributed by atoms with Crippen LogP contribution in [0.5, 0.6) is 17.2 Å². The number of benzene rings is 2. The van der Waals surface area contributed by atoms with E-state index in [0.717, 1.165) is 12.2 Å². The number of anilines is 1. The van der Waals surface area contributed by atoms with Crippen LogP contribution >= 0.6 is 0 Å². The van der Waals surface area contributed by atoms with Crippen LogP contribution in [0.3, 0.4) is 0 Å². The maximum atomic E-state index is 5.92. The highest BCUT2D eigenvalue weighted by Crippen LogP contribution is 2.28. The molecule has 2 aromatic rings. The lowest BCUT2D eigenvalue weighted by Crippen LogP contribution is -2.23. The molecule has 0 amide bonds. The van der Waals surface area contributed by atoms with Crippen LogP contribution in [0.2, 0.25) is 0 Å². The summed E-state index contributed by atoms with van der Waals surface area (Å²) in [6.45, 7) is 1.15. The Morgan fingerprint density at radius 1 is 1.04 bits per heavy atom. The molecule has 2 aromatic carbocycles. The normalized spacial score (nSPS) is 11.0. The van der Waals surface area contributed by atoms with Gasteiger partial charge in [0.15, 0.2) is 5.96 Å². The van der Waals surface area contributed by atoms with Crippen LogP contribution in [0.4, 0.5) is 5.69 Å². The summed E-state index contributed by atoms with van der Waals surface area (Å²) in [4.78, 5) is 4.29. The molecule has 0 heterocycles. The Kier molecular flexibility index (Phi) is 6.76. The fourth-order valence-corrected chi connectivity index (χ4v) is 2.06. The summed E-state index contributed by atoms with van der Waals surface area (Å²) in [5, 5.41) is 3.03. The standard InChI is InChI=1S/C18H23N3O3/c1-22-15-9-10-17(23-2)16(13-15)21-18(19)20-11-6-12-24-14-7-4-3-5-8-14/h3-5,7-10,13H,6,11-12H2,1-2H3,(H3,19,20,21). The molecule has 2 rings (SSSR count). The number of ether oxygens (including phenoxy) is 3. The van der Waals surface area contributed by atoms with Crippen molar-refractivity contribution in [3.05, 3.63) is 48.5 Å². The van der Waals surface area contributed by atoms with Crippen LogP contribution in [-0.4, -0.2) is 33.3 Å². The lowest BCUT2D eigenvalue weighted by molar-refractivity contribution is 0.313. The molecule has 0 bridgehead atoms. The highest BCUT2D eigenvalue weighted by Gasteiger charge is 2.05. The Hall–Kier alpha value is -2.89. The first-order valence-corrected chi connectivity index (χ1v) is 7.69. The molecule has 6 heteroatoms. The number of hydrogen-bond acceptors (Lipinski definition) is 4. The van der Waals surface area contributed by atoms with Crippen molar-refractivity contribution < 1.29 is 14.2 Å². The van der Waals surface area contributed by atoms with Crippen molar-refractivity contribution >= 4 is 11.6 Å². The van der Waals surface area contributed by atoms with Gasteiger partial charge in [-0.3, -0.25) is 4.99 Å². The molecule has 0 aliphatic rings. The molecular formula is C18H23N3O3. The van der Waals surface area contributed by atoms with E-state index in [-0.39, 0.29) is 0 Å². The largest absolute Gasteiger partial charge is 0.497 e. The van der Waals surface area contributed by atoms with Gasteiger partial charge in [0.05, 0.1) is 26.5 Å². The quantitative estimate of drug-likeness (QED) is 0.442. The van der Waals surface area contributed by atoms with Gasteiger partial charge in [-0.15, -0.1) is 0 Å². The Labute approximate surface area is 142 Å². The number of guanidine groups is 1. The second-order valence-electron chi connectivity index (χ2n) is 4.97. The third-order valence-corrected chi connectivity index (χ3v) is 3.27. The second-order valence-corrected chi connectivity index (χ2v) is 4.97. The van der Waals surface area contributed by atoms with Crippen molar-refractivity contribution in [2.45, 2.75) is 6.42 Å². The lowest BCUT2D eigenvalue weighted by Gasteiger charge is -2.12. The molecule has 0 saturated carbocycles. The molecule has 0 spiro atoms. The highest BCUT2D eigenvalue weighted by molar-refractivity contribution is 5.93. The van der Waals surface area contributed by atoms with E-state index in [1.807, 2.05) is 42.5 Å². The molecule has 0 aromatic heterocycles. The molecule has 0 atom stereocenters. The Balaban J connectivity index is 1.81. The predicted molar refractivity (Wildman–Crippen MR) is 96.2 cm³/mol. The predicted octanol–water partition coefficient (Wildman–Crippen LogP) is 2.90. The van der Waals surface area contributed by atoms with Crippen LogP contribution in [0, 0.1) is 0 Å². The number of para-hydroxylation sites is 1. The third kappa shape index (κ3) is 5.39. The summed E-state index contributed by atoms with van der Waals surface area (Å²) >= 11 is 0. The fraction of sp³-hybridized carbons (Fsp3) is 0.278. The summed E-state index contributed by atoms with van der Waals surface area (Å²) < 4.78 is 16.1. The number of rotatable bonds is 8. The molecule has 0 fully saturated rings. The summed E-state index contributed by atoms with van der Waals surface area (Å²) in [6.07, 6.45) is 0.770. The van der Waals surface area contributed by atoms with Gasteiger partial charge < -0.3 is 25.3 Å². The maximum absolute atomic E-state index is 5.92. The smallest absolute Gasteiger partial charge is 0.193 e. The molecule has 0 radical (unpaired) electrons. The van der Waals surface area contributed by atoms with E-state index in [0.29, 0.717) is 36.3 Å². The average Bonchev–Trinajstić information content (AvgIpc) is 2.62. The van der Waals surface area contributed by atoms with E-state index in [1.54, 1.807) is 20.3 Å². The van der Waals surface area contributed by atoms with Gasteiger partial charge in [0.2, 0.25) is 0 Å². The van der Waals surface area contributed by atoms with Gasteiger partial charge in [0, 0.05) is 19.0 Å². The molecule has 0 aliphatic carbocycles. The van der Waals surface area contributed by atoms with Crippen molar-refractivity contribution in [2.24, 2.45) is 10.7 Å². The minimum absolute atomic E-state index is 0.321. The number of nitrogens with two attached hydrogens (primary N) is 1. The number of methoxy groups -OCH3 is 2. The fourth-order valence-electron chi connectivity index (χ4n) is 2.06. The van der Waals surface area contributed by atoms with Crippen molar-refractivity contribution in [2.75, 3.05) is 32.7 Å². The van der Waals surface area contributed by atoms with Crippen LogP contribution in [0.1, 0.15) is 6.42 Å². The first-order valence-electron chi connectivity index (χ1n) is 7.69. The van der Waals surface area contributed by atoms with E-state index >= 15 is 0 Å². The van der Waals surface area contributed by atoms with Crippen molar-refractivity contribution in [1.29, 1.82) is 0 Å². The third-order valence-electron chi connectivity index (χ3n) is 3.27. The summed E-state index contributed by atoms with van der Waals surface area (Å²) in [6, 6.07) is 15.1. The minimum Gasteiger partial charge on any atom is -0.497 e. The molecule has 0 unspecified atom stereocenters. The first kappa shape index (κ1) is 17.5. The van der Waals surface area contributed by atoms with E-state index in [4.69, 9.17) is 19.9 Å². The van der Waals surface area contributed by atoms with Crippen molar-refractivity contribution in [1.82, 2.24) is 0 Å². The molecular weight excluding hydrogens is 306 g/mol. The zero-order valence-corrected chi connectivity index (χ0v) is 14.0. The molecule has 0 aliphatic heterocycles. The van der Waals surface area contributed by atoms with Gasteiger partial charge in [-0.2, -0.15) is 0 Å². The molecule has 24 heavy (non-hydrogen) atoms. The van der Waals surface area contributed by atoms with Gasteiger partial charge in [-0.05, 0) is 24.3 Å². The maximum Gasteiger partial charge on any atom is 0.193 e. The van der Waals surface area contributed by atoms with E-state index < -0.39 is 0 Å². The summed E-state index contributed by atoms with van der Waals surface area (Å²) in [7, 11) is 3.21. The number of hydrogen-bond donors (Lipinski definition) is 2. The highest BCUT2D eigenvalue weighted by atomic mass is 16.5. The first-order chi connectivity index (χ1) is 11.7. The van der Waals surface area contributed by atoms with E-state index in [9.17, 15) is 0 Å². The van der Waals surface area contributed by atoms with Gasteiger partial charge in [0.1, 0.15) is 17.2 Å². The van der Waals surface area contributed by atoms with Gasteiger partial charge in [-0.25, -0.2) is 0 Å². The molecule has 3 N–H and O–H groups in total. The van der Waals surface area contributed by atoms with Gasteiger partial charge in [-0.1, -0.05) is 18.2 Å². The zero-order valence-electron chi connectivity index (χ0n) is 14.0. The average molecular weight is 329 g/mol. The SMILES string of the molecule is COc1ccc(OC)c(NC(N)=NCCCOc2ccccc2)c1. The van der Waals surface area contributed by atoms with Crippen LogP contribution in [0.25, 0.3) is 0 Å². The van der Waals surface area contributed by atoms with Crippen LogP contribution < -0.4 is 25.3 Å². The van der Waals surface area contributed by atoms with Crippen LogP contribution in [0.15, 0.2) is 53.5 Å². The number of nitrogens with one attached hydrogen (secondary N) is 1. The zero-order chi connectivity index (χ0) is 17.2. The van der Waals surface area contributed by atoms with E-state index in [1.165, 1.54) is 0 Å². The summed E-state index contributed by atoms with van der Waals surface area (Å²) in [5.74, 6) is 2.55. The number of nitrogens with zero attached hydrogens (tertiary/aromatic N) is 1. The van der Waals surface area contributed by atoms with E-state index in [2.05, 4.69) is 10.3 Å². The number of aliphatic imine (C=N–C) groups is 1. The lowest BCUT2D eigenvalue weighted by atomic mass is 10.2. The Bertz CT molecular complexity index is 660. The van der Waals surface area contributed by atoms with Crippen molar-refractivity contribution in [3.63, 3.8) is 0 Å². The molecule has 0 saturated heterocycles. The second kappa shape index (κ2) is 9.29.